The molecule has 0 spiro atoms. The van der Waals surface area contributed by atoms with Crippen molar-refractivity contribution in [2.75, 3.05) is 0 Å². The molecule has 0 saturated carbocycles. The van der Waals surface area contributed by atoms with Crippen LogP contribution < -0.4 is 0 Å². The fraction of sp³-hybridized carbons (Fsp3) is 0.294. The van der Waals surface area contributed by atoms with E-state index in [1.807, 2.05) is 6.92 Å². The number of carbonyl (C=O) groups excluding carboxylic acids is 2. The van der Waals surface area contributed by atoms with Crippen LogP contribution in [-0.4, -0.2) is 24.1 Å². The molecule has 0 amide bonds. The minimum Gasteiger partial charge on any atom is -0.453 e. The summed E-state index contributed by atoms with van der Waals surface area (Å²) in [6.45, 7) is 7.88. The van der Waals surface area contributed by atoms with Crippen LogP contribution in [-0.2, 0) is 19.1 Å². The van der Waals surface area contributed by atoms with Crippen LogP contribution in [0.5, 0.6) is 0 Å². The van der Waals surface area contributed by atoms with E-state index in [-0.39, 0.29) is 0 Å². The number of hydrogen-bond acceptors (Lipinski definition) is 4. The molecule has 4 heteroatoms. The van der Waals surface area contributed by atoms with Gasteiger partial charge in [0.05, 0.1) is 0 Å². The number of allylic oxidation sites excluding steroid dienone is 4. The van der Waals surface area contributed by atoms with Gasteiger partial charge in [0, 0.05) is 13.8 Å². The highest BCUT2D eigenvalue weighted by Gasteiger charge is 2.22. The smallest absolute Gasteiger partial charge is 0.304 e. The van der Waals surface area contributed by atoms with Crippen molar-refractivity contribution in [2.24, 2.45) is 0 Å². The molecule has 0 aromatic rings. The van der Waals surface area contributed by atoms with Gasteiger partial charge in [-0.3, -0.25) is 9.59 Å². The topological polar surface area (TPSA) is 52.6 Å². The van der Waals surface area contributed by atoms with Gasteiger partial charge in [0.1, 0.15) is 0 Å². The maximum absolute atomic E-state index is 11.1. The molecule has 0 rings (SSSR count). The maximum Gasteiger partial charge on any atom is 0.304 e. The molecule has 0 radical (unpaired) electrons. The van der Waals surface area contributed by atoms with E-state index >= 15 is 0 Å². The van der Waals surface area contributed by atoms with Gasteiger partial charge >= 0.3 is 11.9 Å². The molecule has 0 fully saturated rings. The zero-order valence-corrected chi connectivity index (χ0v) is 12.4. The summed E-state index contributed by atoms with van der Waals surface area (Å²) in [5.74, 6) is 9.45. The fourth-order valence-electron chi connectivity index (χ4n) is 1.21. The van der Waals surface area contributed by atoms with Gasteiger partial charge in [0.15, 0.2) is 6.10 Å². The van der Waals surface area contributed by atoms with Crippen molar-refractivity contribution in [3.63, 3.8) is 0 Å². The molecule has 0 aliphatic rings. The number of hydrogen-bond donors (Lipinski definition) is 0. The quantitative estimate of drug-likeness (QED) is 0.441. The summed E-state index contributed by atoms with van der Waals surface area (Å²) in [5.41, 5.74) is 0. The molecule has 0 aliphatic heterocycles. The first-order valence-electron chi connectivity index (χ1n) is 6.27. The van der Waals surface area contributed by atoms with E-state index in [0.717, 1.165) is 0 Å². The second-order valence-corrected chi connectivity index (χ2v) is 3.76. The lowest BCUT2D eigenvalue weighted by atomic mass is 10.2. The van der Waals surface area contributed by atoms with Crippen LogP contribution in [0.3, 0.4) is 0 Å². The summed E-state index contributed by atoms with van der Waals surface area (Å²) in [6, 6.07) is 0. The molecule has 0 N–H and O–H groups in total. The van der Waals surface area contributed by atoms with Gasteiger partial charge in [-0.15, -0.1) is 0 Å². The Morgan fingerprint density at radius 1 is 1.14 bits per heavy atom. The zero-order chi connectivity index (χ0) is 16.1. The first kappa shape index (κ1) is 18.3. The number of esters is 2. The number of rotatable bonds is 5. The average molecular weight is 286 g/mol. The normalized spacial score (nSPS) is 12.5. The molecule has 0 heterocycles. The van der Waals surface area contributed by atoms with Crippen LogP contribution >= 0.6 is 0 Å². The van der Waals surface area contributed by atoms with Gasteiger partial charge in [0.2, 0.25) is 6.10 Å². The second kappa shape index (κ2) is 11.1. The predicted molar refractivity (Wildman–Crippen MR) is 80.8 cm³/mol. The molecule has 110 valence electrons. The Bertz CT molecular complexity index is 547. The molecule has 0 aromatic carbocycles. The van der Waals surface area contributed by atoms with E-state index in [9.17, 15) is 9.59 Å². The van der Waals surface area contributed by atoms with Gasteiger partial charge < -0.3 is 9.47 Å². The van der Waals surface area contributed by atoms with Crippen LogP contribution in [0.4, 0.5) is 0 Å². The van der Waals surface area contributed by atoms with E-state index in [4.69, 9.17) is 9.47 Å². The third-order valence-electron chi connectivity index (χ3n) is 1.93. The third-order valence-corrected chi connectivity index (χ3v) is 1.93. The van der Waals surface area contributed by atoms with Crippen molar-refractivity contribution in [2.45, 2.75) is 33.0 Å². The first-order valence-corrected chi connectivity index (χ1v) is 6.27. The molecule has 21 heavy (non-hydrogen) atoms. The van der Waals surface area contributed by atoms with Crippen LogP contribution in [0.2, 0.25) is 0 Å². The summed E-state index contributed by atoms with van der Waals surface area (Å²) >= 11 is 0. The molecular weight excluding hydrogens is 268 g/mol. The summed E-state index contributed by atoms with van der Waals surface area (Å²) in [5, 5.41) is 0. The van der Waals surface area contributed by atoms with Gasteiger partial charge in [-0.1, -0.05) is 30.7 Å². The van der Waals surface area contributed by atoms with E-state index in [1.54, 1.807) is 18.2 Å². The van der Waals surface area contributed by atoms with Crippen LogP contribution in [0, 0.1) is 23.7 Å². The minimum absolute atomic E-state index is 0.507. The summed E-state index contributed by atoms with van der Waals surface area (Å²) in [6.07, 6.45) is 6.29. The van der Waals surface area contributed by atoms with Crippen molar-refractivity contribution in [1.82, 2.24) is 0 Å². The highest BCUT2D eigenvalue weighted by molar-refractivity contribution is 5.68. The Balaban J connectivity index is 5.25. The monoisotopic (exact) mass is 286 g/mol. The van der Waals surface area contributed by atoms with Gasteiger partial charge in [-0.25, -0.2) is 0 Å². The van der Waals surface area contributed by atoms with Crippen molar-refractivity contribution < 1.29 is 19.1 Å². The Morgan fingerprint density at radius 2 is 1.81 bits per heavy atom. The van der Waals surface area contributed by atoms with E-state index < -0.39 is 24.1 Å². The third kappa shape index (κ3) is 9.81. The molecular formula is C17H18O4. The van der Waals surface area contributed by atoms with Crippen LogP contribution in [0.15, 0.2) is 37.0 Å². The molecule has 0 bridgehead atoms. The minimum atomic E-state index is -0.928. The van der Waals surface area contributed by atoms with E-state index in [1.165, 1.54) is 26.0 Å². The van der Waals surface area contributed by atoms with Gasteiger partial charge in [-0.2, -0.15) is 0 Å². The summed E-state index contributed by atoms with van der Waals surface area (Å²) in [4.78, 5) is 22.2. The predicted octanol–water partition coefficient (Wildman–Crippen LogP) is 2.17. The SMILES string of the molecule is C=C/C=C/C(OC(C)=O)C(C#CC#C/C=C/C)OC(C)=O. The van der Waals surface area contributed by atoms with Crippen molar-refractivity contribution in [1.29, 1.82) is 0 Å². The Labute approximate surface area is 125 Å². The highest BCUT2D eigenvalue weighted by atomic mass is 16.6. The van der Waals surface area contributed by atoms with Crippen molar-refractivity contribution >= 4 is 11.9 Å². The molecule has 0 aliphatic carbocycles. The Kier molecular flexibility index (Phi) is 9.69. The summed E-state index contributed by atoms with van der Waals surface area (Å²) in [7, 11) is 0. The number of ether oxygens (including phenoxy) is 2. The largest absolute Gasteiger partial charge is 0.453 e. The van der Waals surface area contributed by atoms with Crippen molar-refractivity contribution in [3.8, 4) is 23.7 Å². The van der Waals surface area contributed by atoms with Gasteiger partial charge in [0.25, 0.3) is 0 Å². The fourth-order valence-corrected chi connectivity index (χ4v) is 1.21. The molecule has 2 unspecified atom stereocenters. The molecule has 2 atom stereocenters. The first-order chi connectivity index (χ1) is 10.0. The lowest BCUT2D eigenvalue weighted by Crippen LogP contribution is -2.31. The highest BCUT2D eigenvalue weighted by Crippen LogP contribution is 2.07. The lowest BCUT2D eigenvalue weighted by molar-refractivity contribution is -0.157. The van der Waals surface area contributed by atoms with E-state index in [2.05, 4.69) is 30.3 Å². The molecule has 0 aromatic heterocycles. The standard InChI is InChI=1S/C17H18O4/c1-5-7-9-10-11-13-17(21-15(4)19)16(12-8-6-2)20-14(3)18/h5-8,12,16-17H,2H2,1,3-4H3/b7-5+,12-8+. The lowest BCUT2D eigenvalue weighted by Gasteiger charge is -2.19. The average Bonchev–Trinajstić information content (AvgIpc) is 2.41. The van der Waals surface area contributed by atoms with E-state index in [0.29, 0.717) is 0 Å². The van der Waals surface area contributed by atoms with Crippen LogP contribution in [0.1, 0.15) is 20.8 Å². The Hall–Kier alpha value is -2.72. The van der Waals surface area contributed by atoms with Crippen LogP contribution in [0.25, 0.3) is 0 Å². The van der Waals surface area contributed by atoms with Crippen molar-refractivity contribution in [3.05, 3.63) is 37.0 Å². The molecule has 4 nitrogen and oxygen atoms in total. The Morgan fingerprint density at radius 3 is 2.33 bits per heavy atom. The number of carbonyl (C=O) groups is 2. The zero-order valence-electron chi connectivity index (χ0n) is 12.4. The molecule has 0 saturated heterocycles. The second-order valence-electron chi connectivity index (χ2n) is 3.76. The summed E-state index contributed by atoms with van der Waals surface area (Å²) < 4.78 is 10.1. The maximum atomic E-state index is 11.1. The van der Waals surface area contributed by atoms with Gasteiger partial charge in [-0.05, 0) is 36.8 Å².